The van der Waals surface area contributed by atoms with Crippen molar-refractivity contribution in [3.63, 3.8) is 0 Å². The number of nitrogens with one attached hydrogen (secondary N) is 2. The molecule has 5 nitrogen and oxygen atoms in total. The standard InChI is InChI=1S/C17H22N4O.HI/c1-18-17(21-12-16-8-3-4-9-19-16)20-11-14-6-5-7-15(10-14)13-22-2;/h3-10H,11-13H2,1-2H3,(H2,18,20,21);1H. The van der Waals surface area contributed by atoms with Crippen LogP contribution in [0.15, 0.2) is 53.7 Å². The highest BCUT2D eigenvalue weighted by atomic mass is 127. The summed E-state index contributed by atoms with van der Waals surface area (Å²) in [7, 11) is 3.46. The summed E-state index contributed by atoms with van der Waals surface area (Å²) in [5.74, 6) is 0.753. The number of hydrogen-bond donors (Lipinski definition) is 2. The van der Waals surface area contributed by atoms with Gasteiger partial charge in [-0.2, -0.15) is 0 Å². The molecule has 0 bridgehead atoms. The largest absolute Gasteiger partial charge is 0.380 e. The summed E-state index contributed by atoms with van der Waals surface area (Å²) in [5, 5.41) is 6.54. The quantitative estimate of drug-likeness (QED) is 0.424. The maximum absolute atomic E-state index is 5.15. The molecule has 0 aliphatic carbocycles. The highest BCUT2D eigenvalue weighted by Crippen LogP contribution is 2.06. The summed E-state index contributed by atoms with van der Waals surface area (Å²) in [6.45, 7) is 1.98. The summed E-state index contributed by atoms with van der Waals surface area (Å²) < 4.78 is 5.15. The number of halogens is 1. The van der Waals surface area contributed by atoms with Crippen molar-refractivity contribution >= 4 is 29.9 Å². The number of pyridine rings is 1. The van der Waals surface area contributed by atoms with E-state index in [4.69, 9.17) is 4.74 Å². The number of benzene rings is 1. The minimum absolute atomic E-state index is 0. The summed E-state index contributed by atoms with van der Waals surface area (Å²) in [6.07, 6.45) is 1.79. The smallest absolute Gasteiger partial charge is 0.191 e. The molecule has 0 atom stereocenters. The second-order valence-corrected chi connectivity index (χ2v) is 4.85. The van der Waals surface area contributed by atoms with E-state index in [1.165, 1.54) is 11.1 Å². The van der Waals surface area contributed by atoms with Gasteiger partial charge in [-0.15, -0.1) is 24.0 Å². The molecule has 2 aromatic rings. The van der Waals surface area contributed by atoms with Gasteiger partial charge >= 0.3 is 0 Å². The van der Waals surface area contributed by atoms with E-state index < -0.39 is 0 Å². The van der Waals surface area contributed by atoms with Gasteiger partial charge in [-0.05, 0) is 23.3 Å². The number of methoxy groups -OCH3 is 1. The van der Waals surface area contributed by atoms with Gasteiger partial charge in [-0.3, -0.25) is 9.98 Å². The summed E-state index contributed by atoms with van der Waals surface area (Å²) in [5.41, 5.74) is 3.33. The van der Waals surface area contributed by atoms with Crippen LogP contribution < -0.4 is 10.6 Å². The van der Waals surface area contributed by atoms with E-state index in [2.05, 4.69) is 38.8 Å². The van der Waals surface area contributed by atoms with E-state index in [9.17, 15) is 0 Å². The molecule has 0 fully saturated rings. The van der Waals surface area contributed by atoms with Crippen LogP contribution in [0.5, 0.6) is 0 Å². The topological polar surface area (TPSA) is 58.5 Å². The first-order chi connectivity index (χ1) is 10.8. The first kappa shape index (κ1) is 19.4. The molecule has 0 saturated carbocycles. The van der Waals surface area contributed by atoms with Gasteiger partial charge in [0.2, 0.25) is 0 Å². The number of ether oxygens (including phenoxy) is 1. The molecular formula is C17H23IN4O. The van der Waals surface area contributed by atoms with Gasteiger partial charge in [0.25, 0.3) is 0 Å². The summed E-state index contributed by atoms with van der Waals surface area (Å²) >= 11 is 0. The van der Waals surface area contributed by atoms with Gasteiger partial charge in [0.05, 0.1) is 18.8 Å². The fourth-order valence-electron chi connectivity index (χ4n) is 2.08. The average Bonchev–Trinajstić information content (AvgIpc) is 2.57. The Bertz CT molecular complexity index is 605. The van der Waals surface area contributed by atoms with Crippen molar-refractivity contribution in [1.82, 2.24) is 15.6 Å². The van der Waals surface area contributed by atoms with E-state index in [1.807, 2.05) is 24.3 Å². The SMILES string of the molecule is CN=C(NCc1cccc(COC)c1)NCc1ccccn1.I. The first-order valence-electron chi connectivity index (χ1n) is 7.23. The molecule has 2 N–H and O–H groups in total. The van der Waals surface area contributed by atoms with Gasteiger partial charge in [0.15, 0.2) is 5.96 Å². The second kappa shape index (κ2) is 11.0. The Hall–Kier alpha value is -1.67. The van der Waals surface area contributed by atoms with Gasteiger partial charge in [0.1, 0.15) is 0 Å². The lowest BCUT2D eigenvalue weighted by Gasteiger charge is -2.12. The van der Waals surface area contributed by atoms with E-state index in [0.717, 1.165) is 11.7 Å². The molecule has 0 aliphatic heterocycles. The third-order valence-electron chi connectivity index (χ3n) is 3.15. The number of nitrogens with zero attached hydrogens (tertiary/aromatic N) is 2. The van der Waals surface area contributed by atoms with Gasteiger partial charge < -0.3 is 15.4 Å². The summed E-state index contributed by atoms with van der Waals surface area (Å²) in [6, 6.07) is 14.2. The maximum Gasteiger partial charge on any atom is 0.191 e. The Morgan fingerprint density at radius 3 is 2.57 bits per heavy atom. The van der Waals surface area contributed by atoms with Crippen molar-refractivity contribution < 1.29 is 4.74 Å². The van der Waals surface area contributed by atoms with Gasteiger partial charge in [-0.1, -0.05) is 30.3 Å². The number of hydrogen-bond acceptors (Lipinski definition) is 3. The summed E-state index contributed by atoms with van der Waals surface area (Å²) in [4.78, 5) is 8.50. The van der Waals surface area contributed by atoms with E-state index in [1.54, 1.807) is 20.4 Å². The number of aromatic nitrogens is 1. The predicted octanol–water partition coefficient (Wildman–Crippen LogP) is 2.71. The van der Waals surface area contributed by atoms with Crippen molar-refractivity contribution in [2.45, 2.75) is 19.7 Å². The molecule has 0 unspecified atom stereocenters. The van der Waals surface area contributed by atoms with Crippen LogP contribution in [-0.2, 0) is 24.4 Å². The molecule has 0 spiro atoms. The fourth-order valence-corrected chi connectivity index (χ4v) is 2.08. The Balaban J connectivity index is 0.00000264. The monoisotopic (exact) mass is 426 g/mol. The van der Waals surface area contributed by atoms with E-state index in [0.29, 0.717) is 19.7 Å². The molecule has 0 radical (unpaired) electrons. The number of rotatable bonds is 6. The third kappa shape index (κ3) is 6.96. The molecule has 6 heteroatoms. The Morgan fingerprint density at radius 2 is 1.87 bits per heavy atom. The van der Waals surface area contributed by atoms with Gasteiger partial charge in [-0.25, -0.2) is 0 Å². The first-order valence-corrected chi connectivity index (χ1v) is 7.23. The molecule has 1 heterocycles. The van der Waals surface area contributed by atoms with Crippen LogP contribution in [0, 0.1) is 0 Å². The Labute approximate surface area is 154 Å². The van der Waals surface area contributed by atoms with Crippen LogP contribution in [0.1, 0.15) is 16.8 Å². The van der Waals surface area contributed by atoms with E-state index in [-0.39, 0.29) is 24.0 Å². The molecule has 124 valence electrons. The van der Waals surface area contributed by atoms with Crippen LogP contribution in [0.4, 0.5) is 0 Å². The predicted molar refractivity (Wildman–Crippen MR) is 104 cm³/mol. The van der Waals surface area contributed by atoms with Crippen molar-refractivity contribution in [3.05, 3.63) is 65.5 Å². The zero-order valence-corrected chi connectivity index (χ0v) is 15.8. The maximum atomic E-state index is 5.15. The highest BCUT2D eigenvalue weighted by molar-refractivity contribution is 14.0. The van der Waals surface area contributed by atoms with Crippen molar-refractivity contribution in [2.24, 2.45) is 4.99 Å². The average molecular weight is 426 g/mol. The molecule has 0 aliphatic rings. The van der Waals surface area contributed by atoms with Gasteiger partial charge in [0, 0.05) is 26.9 Å². The lowest BCUT2D eigenvalue weighted by molar-refractivity contribution is 0.185. The van der Waals surface area contributed by atoms with Crippen molar-refractivity contribution in [1.29, 1.82) is 0 Å². The van der Waals surface area contributed by atoms with Crippen LogP contribution >= 0.6 is 24.0 Å². The van der Waals surface area contributed by atoms with Crippen LogP contribution in [0.2, 0.25) is 0 Å². The Kier molecular flexibility index (Phi) is 9.23. The third-order valence-corrected chi connectivity index (χ3v) is 3.15. The normalized spacial score (nSPS) is 10.8. The van der Waals surface area contributed by atoms with Crippen molar-refractivity contribution in [2.75, 3.05) is 14.2 Å². The zero-order valence-electron chi connectivity index (χ0n) is 13.5. The molecule has 1 aromatic carbocycles. The number of guanidine groups is 1. The fraction of sp³-hybridized carbons (Fsp3) is 0.294. The highest BCUT2D eigenvalue weighted by Gasteiger charge is 2.00. The molecule has 1 aromatic heterocycles. The molecule has 2 rings (SSSR count). The van der Waals surface area contributed by atoms with Crippen molar-refractivity contribution in [3.8, 4) is 0 Å². The minimum atomic E-state index is 0. The van der Waals surface area contributed by atoms with Crippen LogP contribution in [0.25, 0.3) is 0 Å². The van der Waals surface area contributed by atoms with E-state index >= 15 is 0 Å². The molecule has 0 saturated heterocycles. The van der Waals surface area contributed by atoms with Crippen LogP contribution in [-0.4, -0.2) is 25.1 Å². The Morgan fingerprint density at radius 1 is 1.09 bits per heavy atom. The number of aliphatic imine (C=N–C) groups is 1. The van der Waals surface area contributed by atoms with Crippen LogP contribution in [0.3, 0.4) is 0 Å². The minimum Gasteiger partial charge on any atom is -0.380 e. The molecule has 23 heavy (non-hydrogen) atoms. The lowest BCUT2D eigenvalue weighted by atomic mass is 10.1. The second-order valence-electron chi connectivity index (χ2n) is 4.85. The molecule has 0 amide bonds. The molecular weight excluding hydrogens is 403 g/mol. The zero-order chi connectivity index (χ0) is 15.6. The lowest BCUT2D eigenvalue weighted by Crippen LogP contribution is -2.36.